The van der Waals surface area contributed by atoms with Crippen LogP contribution in [0, 0.1) is 0 Å². The third-order valence-corrected chi connectivity index (χ3v) is 6.54. The molecule has 1 amide bonds. The molecular weight excluding hydrogens is 534 g/mol. The van der Waals surface area contributed by atoms with Crippen molar-refractivity contribution in [3.05, 3.63) is 92.9 Å². The topological polar surface area (TPSA) is 66.4 Å². The van der Waals surface area contributed by atoms with Gasteiger partial charge in [0.2, 0.25) is 0 Å². The van der Waals surface area contributed by atoms with Crippen LogP contribution in [-0.4, -0.2) is 23.0 Å². The molecule has 32 heavy (non-hydrogen) atoms. The van der Waals surface area contributed by atoms with E-state index in [0.717, 1.165) is 48.9 Å². The van der Waals surface area contributed by atoms with Gasteiger partial charge in [0, 0.05) is 20.6 Å². The molecule has 0 bridgehead atoms. The summed E-state index contributed by atoms with van der Waals surface area (Å²) in [6, 6.07) is 23.1. The lowest BCUT2D eigenvalue weighted by Gasteiger charge is -2.26. The molecule has 6 heteroatoms. The van der Waals surface area contributed by atoms with Gasteiger partial charge in [-0.3, -0.25) is 4.79 Å². The number of carboxylic acid groups (broad SMARTS) is 1. The quantitative estimate of drug-likeness (QED) is 0.282. The molecule has 0 unspecified atom stereocenters. The van der Waals surface area contributed by atoms with Gasteiger partial charge in [-0.05, 0) is 89.3 Å². The second kappa shape index (κ2) is 9.84. The average Bonchev–Trinajstić information content (AvgIpc) is 2.75. The number of carbonyl (C=O) groups excluding carboxylic acids is 1. The number of halogens is 2. The number of aromatic carboxylic acids is 1. The third kappa shape index (κ3) is 5.37. The Morgan fingerprint density at radius 3 is 1.69 bits per heavy atom. The number of fused-ring (bicyclic) bond motifs is 2. The van der Waals surface area contributed by atoms with Crippen LogP contribution in [0.15, 0.2) is 81.7 Å². The Bertz CT molecular complexity index is 1320. The molecule has 0 aromatic heterocycles. The normalized spacial score (nSPS) is 13.2. The lowest BCUT2D eigenvalue weighted by molar-refractivity contribution is 0.0696. The minimum Gasteiger partial charge on any atom is -0.478 e. The molecule has 162 valence electrons. The summed E-state index contributed by atoms with van der Waals surface area (Å²) in [7, 11) is 0. The summed E-state index contributed by atoms with van der Waals surface area (Å²) in [6.45, 7) is 0. The van der Waals surface area contributed by atoms with E-state index in [2.05, 4.69) is 43.2 Å². The molecule has 0 aliphatic heterocycles. The Balaban J connectivity index is 0.000000158. The highest BCUT2D eigenvalue weighted by atomic mass is 79.9. The fourth-order valence-electron chi connectivity index (χ4n) is 3.53. The van der Waals surface area contributed by atoms with Crippen molar-refractivity contribution in [3.63, 3.8) is 0 Å². The number of amides is 1. The second-order valence-corrected chi connectivity index (χ2v) is 9.65. The van der Waals surface area contributed by atoms with Gasteiger partial charge in [-0.1, -0.05) is 56.1 Å². The summed E-state index contributed by atoms with van der Waals surface area (Å²) in [5.74, 6) is -0.848. The predicted molar refractivity (Wildman–Crippen MR) is 135 cm³/mol. The highest BCUT2D eigenvalue weighted by molar-refractivity contribution is 9.10. The van der Waals surface area contributed by atoms with Crippen LogP contribution in [0.3, 0.4) is 0 Å². The average molecular weight is 555 g/mol. The molecule has 0 saturated heterocycles. The number of carbonyl (C=O) groups is 2. The van der Waals surface area contributed by atoms with Gasteiger partial charge in [0.25, 0.3) is 5.91 Å². The lowest BCUT2D eigenvalue weighted by Crippen LogP contribution is -2.39. The van der Waals surface area contributed by atoms with Gasteiger partial charge in [-0.25, -0.2) is 4.79 Å². The van der Waals surface area contributed by atoms with Gasteiger partial charge in [0.05, 0.1) is 5.56 Å². The van der Waals surface area contributed by atoms with Crippen LogP contribution >= 0.6 is 31.9 Å². The first-order chi connectivity index (χ1) is 15.4. The SMILES string of the molecule is O=C(NC1CCC1)c1ccc2cc(Br)ccc2c1.O=C(O)c1ccc2cc(Br)ccc2c1. The third-order valence-electron chi connectivity index (χ3n) is 5.55. The summed E-state index contributed by atoms with van der Waals surface area (Å²) in [5, 5.41) is 16.1. The Morgan fingerprint density at radius 2 is 1.19 bits per heavy atom. The molecule has 0 spiro atoms. The first-order valence-corrected chi connectivity index (χ1v) is 11.9. The highest BCUT2D eigenvalue weighted by Gasteiger charge is 2.20. The number of nitrogens with one attached hydrogen (secondary N) is 1. The van der Waals surface area contributed by atoms with Crippen molar-refractivity contribution in [2.45, 2.75) is 25.3 Å². The van der Waals surface area contributed by atoms with E-state index in [9.17, 15) is 9.59 Å². The van der Waals surface area contributed by atoms with Gasteiger partial charge < -0.3 is 10.4 Å². The zero-order valence-electron chi connectivity index (χ0n) is 17.1. The first kappa shape index (κ1) is 22.5. The van der Waals surface area contributed by atoms with E-state index >= 15 is 0 Å². The maximum absolute atomic E-state index is 12.0. The molecule has 4 aromatic rings. The summed E-state index contributed by atoms with van der Waals surface area (Å²) < 4.78 is 2.05. The maximum atomic E-state index is 12.0. The van der Waals surface area contributed by atoms with Gasteiger partial charge >= 0.3 is 5.97 Å². The van der Waals surface area contributed by atoms with Gasteiger partial charge in [0.1, 0.15) is 0 Å². The van der Waals surface area contributed by atoms with Crippen LogP contribution in [0.2, 0.25) is 0 Å². The Morgan fingerprint density at radius 1 is 0.719 bits per heavy atom. The molecule has 1 saturated carbocycles. The van der Waals surface area contributed by atoms with Crippen molar-refractivity contribution in [1.82, 2.24) is 5.32 Å². The minimum absolute atomic E-state index is 0.0459. The van der Waals surface area contributed by atoms with E-state index in [0.29, 0.717) is 11.6 Å². The van der Waals surface area contributed by atoms with Crippen molar-refractivity contribution in [3.8, 4) is 0 Å². The van der Waals surface area contributed by atoms with Crippen molar-refractivity contribution in [2.24, 2.45) is 0 Å². The Hall–Kier alpha value is -2.70. The number of hydrogen-bond acceptors (Lipinski definition) is 2. The zero-order valence-corrected chi connectivity index (χ0v) is 20.3. The molecule has 1 aliphatic rings. The summed E-state index contributed by atoms with van der Waals surface area (Å²) in [4.78, 5) is 22.7. The van der Waals surface area contributed by atoms with Gasteiger partial charge in [-0.2, -0.15) is 0 Å². The number of rotatable bonds is 3. The smallest absolute Gasteiger partial charge is 0.335 e. The van der Waals surface area contributed by atoms with Crippen LogP contribution in [0.1, 0.15) is 40.0 Å². The molecule has 0 heterocycles. The van der Waals surface area contributed by atoms with Crippen molar-refractivity contribution in [1.29, 1.82) is 0 Å². The molecule has 1 fully saturated rings. The lowest BCUT2D eigenvalue weighted by atomic mass is 9.93. The Kier molecular flexibility index (Phi) is 6.92. The molecule has 1 aliphatic carbocycles. The second-order valence-electron chi connectivity index (χ2n) is 7.82. The van der Waals surface area contributed by atoms with Crippen molar-refractivity contribution in [2.75, 3.05) is 0 Å². The number of hydrogen-bond donors (Lipinski definition) is 2. The van der Waals surface area contributed by atoms with Gasteiger partial charge in [-0.15, -0.1) is 0 Å². The van der Waals surface area contributed by atoms with Crippen molar-refractivity contribution < 1.29 is 14.7 Å². The number of carboxylic acids is 1. The standard InChI is InChI=1S/C15H14BrNO.C11H7BrO2/c16-13-7-6-10-8-12(5-4-11(10)9-13)15(18)17-14-2-1-3-14;12-10-4-3-7-5-9(11(13)14)2-1-8(7)6-10/h4-9,14H,1-3H2,(H,17,18);1-6H,(H,13,14). The molecule has 0 radical (unpaired) electrons. The van der Waals surface area contributed by atoms with E-state index in [1.807, 2.05) is 54.6 Å². The fraction of sp³-hybridized carbons (Fsp3) is 0.154. The largest absolute Gasteiger partial charge is 0.478 e. The maximum Gasteiger partial charge on any atom is 0.335 e. The van der Waals surface area contributed by atoms with E-state index in [4.69, 9.17) is 5.11 Å². The van der Waals surface area contributed by atoms with Crippen LogP contribution < -0.4 is 5.32 Å². The number of benzene rings is 4. The minimum atomic E-state index is -0.894. The zero-order chi connectivity index (χ0) is 22.7. The van der Waals surface area contributed by atoms with Crippen LogP contribution in [-0.2, 0) is 0 Å². The van der Waals surface area contributed by atoms with Crippen LogP contribution in [0.25, 0.3) is 21.5 Å². The van der Waals surface area contributed by atoms with Gasteiger partial charge in [0.15, 0.2) is 0 Å². The summed E-state index contributed by atoms with van der Waals surface area (Å²) >= 11 is 6.81. The van der Waals surface area contributed by atoms with E-state index in [1.165, 1.54) is 6.42 Å². The van der Waals surface area contributed by atoms with Crippen molar-refractivity contribution >= 4 is 65.3 Å². The van der Waals surface area contributed by atoms with E-state index in [1.54, 1.807) is 12.1 Å². The molecule has 2 N–H and O–H groups in total. The van der Waals surface area contributed by atoms with Crippen LogP contribution in [0.4, 0.5) is 0 Å². The van der Waals surface area contributed by atoms with E-state index < -0.39 is 5.97 Å². The van der Waals surface area contributed by atoms with Crippen LogP contribution in [0.5, 0.6) is 0 Å². The summed E-state index contributed by atoms with van der Waals surface area (Å²) in [5.41, 5.74) is 1.07. The first-order valence-electron chi connectivity index (χ1n) is 10.3. The molecule has 0 atom stereocenters. The molecule has 5 rings (SSSR count). The Labute approximate surface area is 202 Å². The summed E-state index contributed by atoms with van der Waals surface area (Å²) in [6.07, 6.45) is 3.47. The molecule has 4 aromatic carbocycles. The monoisotopic (exact) mass is 553 g/mol. The molecular formula is C26H21Br2NO3. The highest BCUT2D eigenvalue weighted by Crippen LogP contribution is 2.23. The molecule has 4 nitrogen and oxygen atoms in total. The van der Waals surface area contributed by atoms with E-state index in [-0.39, 0.29) is 5.91 Å². The predicted octanol–water partition coefficient (Wildman–Crippen LogP) is 7.19. The fourth-order valence-corrected chi connectivity index (χ4v) is 4.29.